The molecule has 68 valence electrons. The van der Waals surface area contributed by atoms with E-state index >= 15 is 0 Å². The highest BCUT2D eigenvalue weighted by Gasteiger charge is 2.24. The number of ether oxygens (including phenoxy) is 1. The predicted molar refractivity (Wildman–Crippen MR) is 50.9 cm³/mol. The van der Waals surface area contributed by atoms with Crippen LogP contribution >= 0.6 is 11.6 Å². The summed E-state index contributed by atoms with van der Waals surface area (Å²) in [6, 6.07) is 0. The minimum absolute atomic E-state index is 0.0787. The second-order valence-corrected chi connectivity index (χ2v) is 9.95. The van der Waals surface area contributed by atoms with Crippen molar-refractivity contribution in [2.45, 2.75) is 24.6 Å². The molecule has 1 unspecified atom stereocenters. The molecule has 4 heteroatoms. The Morgan fingerprint density at radius 3 is 2.36 bits per heavy atom. The lowest BCUT2D eigenvalue weighted by molar-refractivity contribution is 0.0985. The third kappa shape index (κ3) is 5.67. The van der Waals surface area contributed by atoms with E-state index in [4.69, 9.17) is 21.4 Å². The van der Waals surface area contributed by atoms with Gasteiger partial charge < -0.3 is 9.84 Å². The predicted octanol–water partition coefficient (Wildman–Crippen LogP) is 1.48. The zero-order valence-corrected chi connectivity index (χ0v) is 9.19. The van der Waals surface area contributed by atoms with E-state index in [1.807, 2.05) is 0 Å². The summed E-state index contributed by atoms with van der Waals surface area (Å²) in [6.45, 7) is 7.65. The number of halogens is 1. The molecule has 1 N–H and O–H groups in total. The van der Waals surface area contributed by atoms with Gasteiger partial charge in [0, 0.05) is 5.00 Å². The van der Waals surface area contributed by atoms with Gasteiger partial charge in [0.05, 0.1) is 27.9 Å². The maximum Gasteiger partial charge on any atom is 0.0698 e. The van der Waals surface area contributed by atoms with Gasteiger partial charge in [0.25, 0.3) is 0 Å². The molecule has 0 heterocycles. The molecule has 0 bridgehead atoms. The summed E-state index contributed by atoms with van der Waals surface area (Å²) >= 11 is 6.05. The van der Waals surface area contributed by atoms with Crippen LogP contribution in [0.3, 0.4) is 0 Å². The van der Waals surface area contributed by atoms with E-state index in [0.29, 0.717) is 13.2 Å². The van der Waals surface area contributed by atoms with Crippen molar-refractivity contribution in [3.63, 3.8) is 0 Å². The normalized spacial score (nSPS) is 15.0. The van der Waals surface area contributed by atoms with Crippen LogP contribution in [0.4, 0.5) is 0 Å². The third-order valence-corrected chi connectivity index (χ3v) is 5.58. The quantitative estimate of drug-likeness (QED) is 0.410. The van der Waals surface area contributed by atoms with Gasteiger partial charge in [0.2, 0.25) is 0 Å². The van der Waals surface area contributed by atoms with Crippen molar-refractivity contribution in [3.05, 3.63) is 0 Å². The Morgan fingerprint density at radius 1 is 1.45 bits per heavy atom. The van der Waals surface area contributed by atoms with Gasteiger partial charge in [-0.25, -0.2) is 0 Å². The maximum absolute atomic E-state index is 8.43. The highest BCUT2D eigenvalue weighted by Crippen LogP contribution is 2.13. The van der Waals surface area contributed by atoms with Crippen LogP contribution in [0.1, 0.15) is 0 Å². The Labute approximate surface area is 74.5 Å². The molecule has 0 aliphatic heterocycles. The lowest BCUT2D eigenvalue weighted by Crippen LogP contribution is -2.37. The summed E-state index contributed by atoms with van der Waals surface area (Å²) in [4.78, 5) is 0. The number of alkyl halides is 1. The van der Waals surface area contributed by atoms with Crippen LogP contribution in [0.5, 0.6) is 0 Å². The van der Waals surface area contributed by atoms with Gasteiger partial charge in [-0.05, 0) is 0 Å². The topological polar surface area (TPSA) is 29.5 Å². The zero-order valence-electron chi connectivity index (χ0n) is 7.43. The van der Waals surface area contributed by atoms with E-state index in [1.54, 1.807) is 0 Å². The minimum Gasteiger partial charge on any atom is -0.394 e. The molecule has 0 saturated heterocycles. The Kier molecular flexibility index (Phi) is 5.34. The molecule has 0 aromatic carbocycles. The molecule has 0 aromatic heterocycles. The van der Waals surface area contributed by atoms with Gasteiger partial charge >= 0.3 is 0 Å². The first-order valence-electron chi connectivity index (χ1n) is 3.81. The van der Waals surface area contributed by atoms with Crippen molar-refractivity contribution in [2.75, 3.05) is 19.8 Å². The highest BCUT2D eigenvalue weighted by molar-refractivity contribution is 6.83. The van der Waals surface area contributed by atoms with Crippen molar-refractivity contribution < 1.29 is 9.84 Å². The molecule has 0 spiro atoms. The van der Waals surface area contributed by atoms with Crippen LogP contribution < -0.4 is 0 Å². The van der Waals surface area contributed by atoms with E-state index in [0.717, 1.165) is 0 Å². The molecule has 0 aliphatic carbocycles. The average Bonchev–Trinajstić information content (AvgIpc) is 1.86. The largest absolute Gasteiger partial charge is 0.394 e. The Bertz CT molecular complexity index is 103. The van der Waals surface area contributed by atoms with Crippen molar-refractivity contribution >= 4 is 19.7 Å². The number of aliphatic hydroxyl groups is 1. The summed E-state index contributed by atoms with van der Waals surface area (Å²) in [5.41, 5.74) is 0. The monoisotopic (exact) mass is 196 g/mol. The Hall–Kier alpha value is 0.427. The Balaban J connectivity index is 3.44. The van der Waals surface area contributed by atoms with Crippen molar-refractivity contribution in [2.24, 2.45) is 0 Å². The fourth-order valence-electron chi connectivity index (χ4n) is 0.501. The molecule has 0 radical (unpaired) electrons. The number of hydrogen-bond acceptors (Lipinski definition) is 2. The summed E-state index contributed by atoms with van der Waals surface area (Å²) in [5, 5.41) is 8.57. The van der Waals surface area contributed by atoms with Crippen molar-refractivity contribution in [1.29, 1.82) is 0 Å². The van der Waals surface area contributed by atoms with E-state index in [-0.39, 0.29) is 11.6 Å². The Morgan fingerprint density at radius 2 is 2.00 bits per heavy atom. The van der Waals surface area contributed by atoms with Crippen molar-refractivity contribution in [1.82, 2.24) is 0 Å². The fraction of sp³-hybridized carbons (Fsp3) is 1.00. The lowest BCUT2D eigenvalue weighted by atomic mass is 10.7. The van der Waals surface area contributed by atoms with Gasteiger partial charge in [-0.1, -0.05) is 19.6 Å². The average molecular weight is 197 g/mol. The molecule has 0 saturated carbocycles. The first kappa shape index (κ1) is 11.4. The molecule has 0 amide bonds. The smallest absolute Gasteiger partial charge is 0.0698 e. The fourth-order valence-corrected chi connectivity index (χ4v) is 1.21. The number of aliphatic hydroxyl groups excluding tert-OH is 1. The number of rotatable bonds is 5. The van der Waals surface area contributed by atoms with Crippen molar-refractivity contribution in [3.8, 4) is 0 Å². The SMILES string of the molecule is C[Si](C)(C)C(Cl)COCCO. The van der Waals surface area contributed by atoms with Crippen LogP contribution in [-0.2, 0) is 4.74 Å². The van der Waals surface area contributed by atoms with E-state index in [9.17, 15) is 0 Å². The first-order valence-corrected chi connectivity index (χ1v) is 7.82. The van der Waals surface area contributed by atoms with Gasteiger partial charge in [-0.2, -0.15) is 0 Å². The molecular formula is C7H17ClO2Si. The zero-order chi connectivity index (χ0) is 8.91. The second-order valence-electron chi connectivity index (χ2n) is 3.63. The van der Waals surface area contributed by atoms with E-state index in [2.05, 4.69) is 19.6 Å². The molecular weight excluding hydrogens is 180 g/mol. The van der Waals surface area contributed by atoms with Gasteiger partial charge in [-0.15, -0.1) is 11.6 Å². The van der Waals surface area contributed by atoms with E-state index < -0.39 is 8.07 Å². The van der Waals surface area contributed by atoms with Gasteiger partial charge in [0.1, 0.15) is 0 Å². The molecule has 0 fully saturated rings. The van der Waals surface area contributed by atoms with Crippen LogP contribution in [-0.4, -0.2) is 38.0 Å². The molecule has 0 aromatic rings. The third-order valence-electron chi connectivity index (χ3n) is 1.44. The molecule has 11 heavy (non-hydrogen) atoms. The minimum atomic E-state index is -1.25. The van der Waals surface area contributed by atoms with Crippen LogP contribution in [0.15, 0.2) is 0 Å². The molecule has 0 aliphatic rings. The summed E-state index contributed by atoms with van der Waals surface area (Å²) in [6.07, 6.45) is 0. The van der Waals surface area contributed by atoms with Crippen LogP contribution in [0.25, 0.3) is 0 Å². The molecule has 1 atom stereocenters. The summed E-state index contributed by atoms with van der Waals surface area (Å²) in [5.74, 6) is 0. The standard InChI is InChI=1S/C7H17ClO2Si/c1-11(2,3)7(8)6-10-5-4-9/h7,9H,4-6H2,1-3H3. The molecule has 0 rings (SSSR count). The number of hydrogen-bond donors (Lipinski definition) is 1. The van der Waals surface area contributed by atoms with Crippen LogP contribution in [0, 0.1) is 0 Å². The summed E-state index contributed by atoms with van der Waals surface area (Å²) in [7, 11) is -1.25. The highest BCUT2D eigenvalue weighted by atomic mass is 35.5. The second kappa shape index (κ2) is 5.14. The van der Waals surface area contributed by atoms with E-state index in [1.165, 1.54) is 0 Å². The maximum atomic E-state index is 8.43. The first-order chi connectivity index (χ1) is 4.98. The van der Waals surface area contributed by atoms with Gasteiger partial charge in [-0.3, -0.25) is 0 Å². The summed E-state index contributed by atoms with van der Waals surface area (Å²) < 4.78 is 5.12. The van der Waals surface area contributed by atoms with Gasteiger partial charge in [0.15, 0.2) is 0 Å². The lowest BCUT2D eigenvalue weighted by Gasteiger charge is -2.22. The molecule has 2 nitrogen and oxygen atoms in total. The van der Waals surface area contributed by atoms with Crippen LogP contribution in [0.2, 0.25) is 19.6 Å².